The SMILES string of the molecule is c1ccc(-c2ccc(-c3cc(-c4cccc(-c5cccc(-c6cccc(-c7cccc8c7-c7ccccc7C8(c7ccccc7)c7ccccc7)c6)c5)c4)nc(-c4ccccc4)n3)cc2)cc1. The fourth-order valence-corrected chi connectivity index (χ4v) is 10.3. The van der Waals surface area contributed by atoms with Gasteiger partial charge in [-0.2, -0.15) is 0 Å². The van der Waals surface area contributed by atoms with Crippen molar-refractivity contribution >= 4 is 0 Å². The maximum absolute atomic E-state index is 5.17. The van der Waals surface area contributed by atoms with Gasteiger partial charge in [-0.1, -0.05) is 243 Å². The highest BCUT2D eigenvalue weighted by atomic mass is 14.9. The number of fused-ring (bicyclic) bond motifs is 3. The molecule has 0 atom stereocenters. The lowest BCUT2D eigenvalue weighted by molar-refractivity contribution is 0.768. The van der Waals surface area contributed by atoms with E-state index in [4.69, 9.17) is 9.97 Å². The zero-order chi connectivity index (χ0) is 44.6. The Labute approximate surface area is 392 Å². The van der Waals surface area contributed by atoms with Crippen molar-refractivity contribution in [2.45, 2.75) is 5.41 Å². The normalized spacial score (nSPS) is 12.3. The minimum absolute atomic E-state index is 0.449. The largest absolute Gasteiger partial charge is 0.228 e. The van der Waals surface area contributed by atoms with Gasteiger partial charge in [0.2, 0.25) is 0 Å². The summed E-state index contributed by atoms with van der Waals surface area (Å²) in [6.45, 7) is 0. The van der Waals surface area contributed by atoms with Crippen molar-refractivity contribution in [2.24, 2.45) is 0 Å². The Kier molecular flexibility index (Phi) is 10.1. The van der Waals surface area contributed by atoms with E-state index in [1.807, 2.05) is 24.3 Å². The topological polar surface area (TPSA) is 25.8 Å². The Hall–Kier alpha value is -8.72. The zero-order valence-electron chi connectivity index (χ0n) is 36.8. The van der Waals surface area contributed by atoms with Crippen LogP contribution in [0.25, 0.3) is 89.5 Å². The van der Waals surface area contributed by atoms with Crippen molar-refractivity contribution < 1.29 is 0 Å². The summed E-state index contributed by atoms with van der Waals surface area (Å²) in [6.07, 6.45) is 0. The summed E-state index contributed by atoms with van der Waals surface area (Å²) >= 11 is 0. The van der Waals surface area contributed by atoms with Gasteiger partial charge in [0.05, 0.1) is 16.8 Å². The van der Waals surface area contributed by atoms with E-state index in [1.165, 1.54) is 61.2 Å². The van der Waals surface area contributed by atoms with Crippen LogP contribution in [0, 0.1) is 0 Å². The Balaban J connectivity index is 0.916. The third kappa shape index (κ3) is 7.17. The summed E-state index contributed by atoms with van der Waals surface area (Å²) < 4.78 is 0. The molecule has 12 rings (SSSR count). The van der Waals surface area contributed by atoms with E-state index in [0.717, 1.165) is 44.8 Å². The van der Waals surface area contributed by atoms with Gasteiger partial charge in [-0.05, 0) is 102 Å². The highest BCUT2D eigenvalue weighted by molar-refractivity contribution is 5.96. The molecule has 1 aliphatic carbocycles. The van der Waals surface area contributed by atoms with Crippen molar-refractivity contribution in [3.05, 3.63) is 289 Å². The second-order valence-corrected chi connectivity index (χ2v) is 17.3. The van der Waals surface area contributed by atoms with Crippen molar-refractivity contribution in [3.8, 4) is 89.5 Å². The molecule has 2 nitrogen and oxygen atoms in total. The predicted molar refractivity (Wildman–Crippen MR) is 277 cm³/mol. The first-order chi connectivity index (χ1) is 33.2. The van der Waals surface area contributed by atoms with Crippen molar-refractivity contribution in [1.29, 1.82) is 0 Å². The van der Waals surface area contributed by atoms with Crippen LogP contribution in [-0.4, -0.2) is 9.97 Å². The molecule has 1 aromatic heterocycles. The molecule has 0 bridgehead atoms. The smallest absolute Gasteiger partial charge is 0.160 e. The lowest BCUT2D eigenvalue weighted by Gasteiger charge is -2.34. The monoisotopic (exact) mass is 852 g/mol. The standard InChI is InChI=1S/C65H44N2/c1-5-19-45(20-6-1)46-37-39-47(40-38-46)61-44-62(67-64(66-61)48-21-7-2-8-22-48)54-28-17-26-52(43-54)50-24-15-23-49(41-50)51-25-16-27-53(42-51)57-34-18-36-60-63(57)58-33-13-14-35-59(58)65(60,55-29-9-3-10-30-55)56-31-11-4-12-32-56/h1-44H. The molecule has 0 N–H and O–H groups in total. The lowest BCUT2D eigenvalue weighted by Crippen LogP contribution is -2.28. The molecule has 0 fully saturated rings. The van der Waals surface area contributed by atoms with E-state index in [-0.39, 0.29) is 0 Å². The molecule has 2 heteroatoms. The maximum Gasteiger partial charge on any atom is 0.160 e. The van der Waals surface area contributed by atoms with Gasteiger partial charge in [0, 0.05) is 16.7 Å². The fourth-order valence-electron chi connectivity index (χ4n) is 10.3. The van der Waals surface area contributed by atoms with E-state index < -0.39 is 5.41 Å². The first-order valence-corrected chi connectivity index (χ1v) is 23.0. The highest BCUT2D eigenvalue weighted by Gasteiger charge is 2.46. The highest BCUT2D eigenvalue weighted by Crippen LogP contribution is 2.58. The molecule has 10 aromatic carbocycles. The van der Waals surface area contributed by atoms with E-state index in [9.17, 15) is 0 Å². The van der Waals surface area contributed by atoms with Gasteiger partial charge in [0.25, 0.3) is 0 Å². The first kappa shape index (κ1) is 39.8. The summed E-state index contributed by atoms with van der Waals surface area (Å²) in [4.78, 5) is 10.3. The minimum Gasteiger partial charge on any atom is -0.228 e. The Morgan fingerprint density at radius 1 is 0.239 bits per heavy atom. The van der Waals surface area contributed by atoms with Gasteiger partial charge in [-0.15, -0.1) is 0 Å². The van der Waals surface area contributed by atoms with Crippen LogP contribution in [0.2, 0.25) is 0 Å². The van der Waals surface area contributed by atoms with Crippen molar-refractivity contribution in [1.82, 2.24) is 9.97 Å². The number of nitrogens with zero attached hydrogens (tertiary/aromatic N) is 2. The molecule has 0 saturated heterocycles. The molecule has 0 aliphatic heterocycles. The predicted octanol–water partition coefficient (Wildman–Crippen LogP) is 16.5. The molecule has 1 heterocycles. The zero-order valence-corrected chi connectivity index (χ0v) is 36.8. The molecule has 67 heavy (non-hydrogen) atoms. The van der Waals surface area contributed by atoms with E-state index in [0.29, 0.717) is 5.82 Å². The van der Waals surface area contributed by atoms with Crippen LogP contribution in [0.3, 0.4) is 0 Å². The summed E-state index contributed by atoms with van der Waals surface area (Å²) in [5, 5.41) is 0. The molecule has 314 valence electrons. The third-order valence-corrected chi connectivity index (χ3v) is 13.4. The van der Waals surface area contributed by atoms with Crippen molar-refractivity contribution in [3.63, 3.8) is 0 Å². The van der Waals surface area contributed by atoms with Gasteiger partial charge in [-0.3, -0.25) is 0 Å². The van der Waals surface area contributed by atoms with E-state index in [2.05, 4.69) is 243 Å². The van der Waals surface area contributed by atoms with Crippen LogP contribution >= 0.6 is 0 Å². The van der Waals surface area contributed by atoms with E-state index in [1.54, 1.807) is 0 Å². The molecule has 0 saturated carbocycles. The molecule has 1 aliphatic rings. The van der Waals surface area contributed by atoms with Crippen LogP contribution in [0.1, 0.15) is 22.3 Å². The minimum atomic E-state index is -0.449. The average Bonchev–Trinajstić information content (AvgIpc) is 3.73. The number of benzene rings is 10. The summed E-state index contributed by atoms with van der Waals surface area (Å²) in [7, 11) is 0. The summed E-state index contributed by atoms with van der Waals surface area (Å²) in [5.41, 5.74) is 21.5. The van der Waals surface area contributed by atoms with Gasteiger partial charge in [0.15, 0.2) is 5.82 Å². The maximum atomic E-state index is 5.17. The molecule has 0 spiro atoms. The van der Waals surface area contributed by atoms with Crippen LogP contribution in [0.4, 0.5) is 0 Å². The van der Waals surface area contributed by atoms with Crippen LogP contribution < -0.4 is 0 Å². The molecular formula is C65H44N2. The van der Waals surface area contributed by atoms with E-state index >= 15 is 0 Å². The van der Waals surface area contributed by atoms with Crippen LogP contribution in [0.5, 0.6) is 0 Å². The Morgan fingerprint density at radius 3 is 1.24 bits per heavy atom. The molecule has 0 amide bonds. The second kappa shape index (κ2) is 17.0. The van der Waals surface area contributed by atoms with Gasteiger partial charge >= 0.3 is 0 Å². The third-order valence-electron chi connectivity index (χ3n) is 13.4. The summed E-state index contributed by atoms with van der Waals surface area (Å²) in [6, 6.07) is 96.1. The number of hydrogen-bond donors (Lipinski definition) is 0. The van der Waals surface area contributed by atoms with Crippen LogP contribution in [-0.2, 0) is 5.41 Å². The molecule has 11 aromatic rings. The van der Waals surface area contributed by atoms with Crippen LogP contribution in [0.15, 0.2) is 267 Å². The quantitative estimate of drug-likeness (QED) is 0.145. The van der Waals surface area contributed by atoms with Crippen molar-refractivity contribution in [2.75, 3.05) is 0 Å². The Bertz CT molecular complexity index is 3500. The number of hydrogen-bond acceptors (Lipinski definition) is 2. The molecular weight excluding hydrogens is 809 g/mol. The molecule has 0 radical (unpaired) electrons. The van der Waals surface area contributed by atoms with Gasteiger partial charge in [0.1, 0.15) is 0 Å². The number of aromatic nitrogens is 2. The second-order valence-electron chi connectivity index (χ2n) is 17.3. The molecule has 0 unspecified atom stereocenters. The first-order valence-electron chi connectivity index (χ1n) is 23.0. The Morgan fingerprint density at radius 2 is 0.627 bits per heavy atom. The summed E-state index contributed by atoms with van der Waals surface area (Å²) in [5.74, 6) is 0.700. The number of rotatable bonds is 9. The average molecular weight is 853 g/mol. The van der Waals surface area contributed by atoms with Gasteiger partial charge < -0.3 is 0 Å². The fraction of sp³-hybridized carbons (Fsp3) is 0.0154. The van der Waals surface area contributed by atoms with Gasteiger partial charge in [-0.25, -0.2) is 9.97 Å². The lowest BCUT2D eigenvalue weighted by atomic mass is 9.67.